The topological polar surface area (TPSA) is 54.4 Å². The van der Waals surface area contributed by atoms with E-state index in [0.717, 1.165) is 12.8 Å². The Balaban J connectivity index is 2.15. The predicted octanol–water partition coefficient (Wildman–Crippen LogP) is 4.39. The van der Waals surface area contributed by atoms with Crippen LogP contribution in [-0.4, -0.2) is 16.7 Å². The van der Waals surface area contributed by atoms with E-state index in [0.29, 0.717) is 34.0 Å². The van der Waals surface area contributed by atoms with Crippen molar-refractivity contribution in [1.82, 2.24) is 0 Å². The van der Waals surface area contributed by atoms with E-state index < -0.39 is 0 Å². The van der Waals surface area contributed by atoms with Crippen LogP contribution in [0.15, 0.2) is 17.7 Å². The van der Waals surface area contributed by atoms with E-state index in [1.54, 1.807) is 12.1 Å². The number of hydrogen-bond acceptors (Lipinski definition) is 3. The lowest BCUT2D eigenvalue weighted by molar-refractivity contribution is -0.127. The van der Waals surface area contributed by atoms with Crippen molar-refractivity contribution in [2.75, 3.05) is 0 Å². The van der Waals surface area contributed by atoms with Crippen LogP contribution in [0.1, 0.15) is 37.3 Å². The van der Waals surface area contributed by atoms with E-state index in [-0.39, 0.29) is 34.7 Å². The molecule has 22 heavy (non-hydrogen) atoms. The van der Waals surface area contributed by atoms with Gasteiger partial charge in [-0.2, -0.15) is 0 Å². The van der Waals surface area contributed by atoms with Gasteiger partial charge in [0, 0.05) is 22.4 Å². The first kappa shape index (κ1) is 15.6. The number of fused-ring (bicyclic) bond motifs is 2. The molecule has 2 fully saturated rings. The molecule has 0 spiro atoms. The molecule has 1 aromatic rings. The molecule has 2 saturated carbocycles. The van der Waals surface area contributed by atoms with Crippen molar-refractivity contribution >= 4 is 40.5 Å². The van der Waals surface area contributed by atoms with Crippen LogP contribution in [0.3, 0.4) is 0 Å². The summed E-state index contributed by atoms with van der Waals surface area (Å²) in [5.41, 5.74) is 0.928. The minimum Gasteiger partial charge on any atom is -0.506 e. The van der Waals surface area contributed by atoms with Crippen molar-refractivity contribution in [2.24, 2.45) is 11.8 Å². The summed E-state index contributed by atoms with van der Waals surface area (Å²) in [5, 5.41) is 11.4. The van der Waals surface area contributed by atoms with Gasteiger partial charge in [-0.25, -0.2) is 0 Å². The van der Waals surface area contributed by atoms with Crippen LogP contribution < -0.4 is 0 Å². The van der Waals surface area contributed by atoms with Crippen LogP contribution in [0.2, 0.25) is 10.0 Å². The highest BCUT2D eigenvalue weighted by Gasteiger charge is 2.45. The van der Waals surface area contributed by atoms with Gasteiger partial charge in [0.2, 0.25) is 0 Å². The van der Waals surface area contributed by atoms with Crippen LogP contribution in [0.4, 0.5) is 0 Å². The van der Waals surface area contributed by atoms with Crippen molar-refractivity contribution in [3.05, 3.63) is 38.9 Å². The van der Waals surface area contributed by atoms with E-state index in [2.05, 4.69) is 0 Å². The summed E-state index contributed by atoms with van der Waals surface area (Å²) in [7, 11) is 0. The summed E-state index contributed by atoms with van der Waals surface area (Å²) in [4.78, 5) is 24.9. The Hall–Kier alpha value is -1.32. The van der Waals surface area contributed by atoms with Crippen molar-refractivity contribution in [1.29, 1.82) is 0 Å². The molecule has 5 heteroatoms. The molecule has 2 aliphatic rings. The molecule has 2 unspecified atom stereocenters. The predicted molar refractivity (Wildman–Crippen MR) is 86.2 cm³/mol. The summed E-state index contributed by atoms with van der Waals surface area (Å²) in [6.45, 7) is 1.90. The third kappa shape index (κ3) is 2.27. The zero-order chi connectivity index (χ0) is 16.0. The lowest BCUT2D eigenvalue weighted by Crippen LogP contribution is -2.30. The molecule has 1 aromatic carbocycles. The minimum absolute atomic E-state index is 0.0787. The molecule has 3 rings (SSSR count). The van der Waals surface area contributed by atoms with Crippen LogP contribution in [-0.2, 0) is 16.0 Å². The normalized spacial score (nSPS) is 24.0. The van der Waals surface area contributed by atoms with Gasteiger partial charge >= 0.3 is 0 Å². The van der Waals surface area contributed by atoms with Gasteiger partial charge in [-0.15, -0.1) is 0 Å². The van der Waals surface area contributed by atoms with E-state index in [1.165, 1.54) is 0 Å². The van der Waals surface area contributed by atoms with Gasteiger partial charge in [-0.1, -0.05) is 30.1 Å². The SMILES string of the molecule is CCc1c(Cl)ccc(C(O)=C2C(=O)C3CCC(C3)C2=O)c1Cl. The third-order valence-corrected chi connectivity index (χ3v) is 5.48. The van der Waals surface area contributed by atoms with Crippen LogP contribution in [0.5, 0.6) is 0 Å². The molecule has 0 radical (unpaired) electrons. The Kier molecular flexibility index (Phi) is 4.04. The molecule has 2 aliphatic carbocycles. The Morgan fingerprint density at radius 2 is 1.77 bits per heavy atom. The number of aliphatic hydroxyl groups excluding tert-OH is 1. The first-order valence-electron chi connectivity index (χ1n) is 7.44. The minimum atomic E-state index is -0.303. The van der Waals surface area contributed by atoms with Gasteiger partial charge in [0.25, 0.3) is 0 Å². The molecular formula is C17H16Cl2O3. The van der Waals surface area contributed by atoms with Gasteiger partial charge in [0.1, 0.15) is 11.3 Å². The van der Waals surface area contributed by atoms with Gasteiger partial charge in [-0.05, 0) is 43.4 Å². The first-order chi connectivity index (χ1) is 10.5. The number of rotatable bonds is 2. The molecule has 116 valence electrons. The highest BCUT2D eigenvalue weighted by atomic mass is 35.5. The average Bonchev–Trinajstić information content (AvgIpc) is 2.93. The standard InChI is InChI=1S/C17H16Cl2O3/c1-2-10-12(18)6-5-11(14(10)19)17(22)13-15(20)8-3-4-9(7-8)16(13)21/h5-6,8-9,22H,2-4,7H2,1H3. The maximum absolute atomic E-state index is 12.4. The summed E-state index contributed by atoms with van der Waals surface area (Å²) in [5.74, 6) is -1.09. The van der Waals surface area contributed by atoms with Crippen molar-refractivity contribution in [3.63, 3.8) is 0 Å². The van der Waals surface area contributed by atoms with Crippen molar-refractivity contribution in [3.8, 4) is 0 Å². The zero-order valence-electron chi connectivity index (χ0n) is 12.2. The Bertz CT molecular complexity index is 682. The fourth-order valence-corrected chi connectivity index (χ4v) is 4.19. The number of carbonyl (C=O) groups is 2. The van der Waals surface area contributed by atoms with Crippen LogP contribution >= 0.6 is 23.2 Å². The number of halogens is 2. The summed E-state index contributed by atoms with van der Waals surface area (Å²) < 4.78 is 0. The second-order valence-corrected chi connectivity index (χ2v) is 6.69. The molecule has 0 saturated heterocycles. The van der Waals surface area contributed by atoms with E-state index >= 15 is 0 Å². The Labute approximate surface area is 138 Å². The summed E-state index contributed by atoms with van der Waals surface area (Å²) >= 11 is 12.4. The Morgan fingerprint density at radius 1 is 1.18 bits per heavy atom. The zero-order valence-corrected chi connectivity index (χ0v) is 13.7. The van der Waals surface area contributed by atoms with E-state index in [4.69, 9.17) is 23.2 Å². The molecule has 0 aliphatic heterocycles. The number of Topliss-reactive ketones (excluding diaryl/α,β-unsaturated/α-hetero) is 2. The Morgan fingerprint density at radius 3 is 2.32 bits per heavy atom. The van der Waals surface area contributed by atoms with Crippen molar-refractivity contribution in [2.45, 2.75) is 32.6 Å². The number of hydrogen-bond donors (Lipinski definition) is 1. The highest BCUT2D eigenvalue weighted by molar-refractivity contribution is 6.37. The van der Waals surface area contributed by atoms with Crippen molar-refractivity contribution < 1.29 is 14.7 Å². The molecule has 0 amide bonds. The lowest BCUT2D eigenvalue weighted by Gasteiger charge is -2.21. The van der Waals surface area contributed by atoms with E-state index in [1.807, 2.05) is 6.92 Å². The maximum atomic E-state index is 12.4. The molecular weight excluding hydrogens is 323 g/mol. The largest absolute Gasteiger partial charge is 0.506 e. The fraction of sp³-hybridized carbons (Fsp3) is 0.412. The fourth-order valence-electron chi connectivity index (χ4n) is 3.46. The van der Waals surface area contributed by atoms with Crippen LogP contribution in [0, 0.1) is 11.8 Å². The number of benzene rings is 1. The highest BCUT2D eigenvalue weighted by Crippen LogP contribution is 2.43. The second-order valence-electron chi connectivity index (χ2n) is 5.90. The number of ketones is 2. The molecule has 3 nitrogen and oxygen atoms in total. The van der Waals surface area contributed by atoms with E-state index in [9.17, 15) is 14.7 Å². The molecule has 0 heterocycles. The van der Waals surface area contributed by atoms with Gasteiger partial charge in [0.15, 0.2) is 11.6 Å². The quantitative estimate of drug-likeness (QED) is 0.494. The number of allylic oxidation sites excluding steroid dienone is 1. The van der Waals surface area contributed by atoms with Crippen LogP contribution in [0.25, 0.3) is 5.76 Å². The number of carbonyl (C=O) groups excluding carboxylic acids is 2. The monoisotopic (exact) mass is 338 g/mol. The van der Waals surface area contributed by atoms with Gasteiger partial charge in [-0.3, -0.25) is 9.59 Å². The molecule has 1 N–H and O–H groups in total. The first-order valence-corrected chi connectivity index (χ1v) is 8.20. The average molecular weight is 339 g/mol. The number of aliphatic hydroxyl groups is 1. The maximum Gasteiger partial charge on any atom is 0.173 e. The third-order valence-electron chi connectivity index (χ3n) is 4.70. The lowest BCUT2D eigenvalue weighted by atomic mass is 9.81. The smallest absolute Gasteiger partial charge is 0.173 e. The molecule has 2 atom stereocenters. The van der Waals surface area contributed by atoms with Gasteiger partial charge < -0.3 is 5.11 Å². The molecule has 2 bridgehead atoms. The molecule has 0 aromatic heterocycles. The second kappa shape index (κ2) is 5.71. The van der Waals surface area contributed by atoms with Gasteiger partial charge in [0.05, 0.1) is 5.02 Å². The summed E-state index contributed by atoms with van der Waals surface area (Å²) in [6, 6.07) is 3.19. The summed E-state index contributed by atoms with van der Waals surface area (Å²) in [6.07, 6.45) is 2.66.